The van der Waals surface area contributed by atoms with Gasteiger partial charge in [0.1, 0.15) is 13.2 Å². The SMILES string of the molecule is CN1CCN(C)c2nc(c(F)c(C(F)(C(F)(F)F)C(F)(F)F)c2F)OCCOc2nc1c(F)c(C(F)(C(F)(F)F)C(F)(F)F)c2F. The van der Waals surface area contributed by atoms with Crippen molar-refractivity contribution >= 4 is 11.6 Å². The van der Waals surface area contributed by atoms with Crippen LogP contribution in [0, 0.1) is 23.3 Å². The molecule has 0 radical (unpaired) electrons. The number of ether oxygens (including phenoxy) is 2. The van der Waals surface area contributed by atoms with E-state index in [-0.39, 0.29) is 9.80 Å². The van der Waals surface area contributed by atoms with Crippen LogP contribution in [-0.2, 0) is 11.3 Å². The van der Waals surface area contributed by atoms with Crippen molar-refractivity contribution in [1.82, 2.24) is 9.97 Å². The second-order valence-electron chi connectivity index (χ2n) is 9.34. The van der Waals surface area contributed by atoms with Gasteiger partial charge in [0.25, 0.3) is 11.8 Å². The summed E-state index contributed by atoms with van der Waals surface area (Å²) >= 11 is 0. The Balaban J connectivity index is 2.27. The van der Waals surface area contributed by atoms with Crippen LogP contribution in [0.3, 0.4) is 0 Å². The molecule has 6 nitrogen and oxygen atoms in total. The monoisotopic (exact) mass is 708 g/mol. The van der Waals surface area contributed by atoms with Crippen molar-refractivity contribution in [3.8, 4) is 11.8 Å². The number of likely N-dealkylation sites (N-methyl/N-ethyl adjacent to an activating group) is 2. The summed E-state index contributed by atoms with van der Waals surface area (Å²) in [5.41, 5.74) is -20.0. The molecule has 0 aliphatic carbocycles. The number of aromatic nitrogens is 2. The standard InChI is InChI=1S/C22H14F18N4O2/c1-43-3-4-44(2)14-10(24)8(18(28,21(35,36)37)22(38,39)40)12(26)16(42-14)46-6-5-45-15-11(25)7(9(23)13(43)41-15)17(27,19(29,30)31)20(32,33)34/h3-6H2,1-2H3. The lowest BCUT2D eigenvalue weighted by molar-refractivity contribution is -0.351. The van der Waals surface area contributed by atoms with Crippen LogP contribution in [0.15, 0.2) is 0 Å². The minimum Gasteiger partial charge on any atom is -0.472 e. The number of anilines is 2. The summed E-state index contributed by atoms with van der Waals surface area (Å²) < 4.78 is 260. The average Bonchev–Trinajstić information content (AvgIpc) is 2.88. The number of pyridine rings is 2. The Morgan fingerprint density at radius 2 is 0.739 bits per heavy atom. The summed E-state index contributed by atoms with van der Waals surface area (Å²) in [5, 5.41) is 0. The molecule has 1 aliphatic heterocycles. The third kappa shape index (κ3) is 5.70. The maximum atomic E-state index is 15.2. The highest BCUT2D eigenvalue weighted by Crippen LogP contribution is 2.57. The topological polar surface area (TPSA) is 50.7 Å². The molecule has 0 saturated heterocycles. The predicted molar refractivity (Wildman–Crippen MR) is 116 cm³/mol. The molecule has 2 aromatic rings. The van der Waals surface area contributed by atoms with Crippen LogP contribution in [0.4, 0.5) is 90.7 Å². The predicted octanol–water partition coefficient (Wildman–Crippen LogP) is 6.96. The lowest BCUT2D eigenvalue weighted by atomic mass is 9.93. The van der Waals surface area contributed by atoms with Crippen LogP contribution >= 0.6 is 0 Å². The molecule has 0 atom stereocenters. The lowest BCUT2D eigenvalue weighted by Crippen LogP contribution is -2.52. The summed E-state index contributed by atoms with van der Waals surface area (Å²) in [6, 6.07) is 0. The smallest absolute Gasteiger partial charge is 0.436 e. The largest absolute Gasteiger partial charge is 0.472 e. The molecule has 260 valence electrons. The van der Waals surface area contributed by atoms with Crippen molar-refractivity contribution in [2.45, 2.75) is 36.0 Å². The summed E-state index contributed by atoms with van der Waals surface area (Å²) in [6.45, 7) is -5.06. The minimum absolute atomic E-state index is 0.227. The molecule has 0 amide bonds. The minimum atomic E-state index is -7.05. The van der Waals surface area contributed by atoms with Crippen LogP contribution in [0.25, 0.3) is 0 Å². The zero-order chi connectivity index (χ0) is 35.6. The average molecular weight is 708 g/mol. The molecule has 0 saturated carbocycles. The van der Waals surface area contributed by atoms with Gasteiger partial charge in [-0.05, 0) is 0 Å². The molecule has 24 heteroatoms. The Labute approximate surface area is 243 Å². The summed E-state index contributed by atoms with van der Waals surface area (Å²) in [6.07, 6.45) is -28.2. The van der Waals surface area contributed by atoms with Gasteiger partial charge in [-0.2, -0.15) is 62.7 Å². The fraction of sp³-hybridized carbons (Fsp3) is 0.545. The van der Waals surface area contributed by atoms with Crippen LogP contribution in [-0.4, -0.2) is 75.1 Å². The van der Waals surface area contributed by atoms with E-state index in [0.29, 0.717) is 14.1 Å². The summed E-state index contributed by atoms with van der Waals surface area (Å²) in [5.74, 6) is -19.1. The molecular formula is C22H14F18N4O2. The highest BCUT2D eigenvalue weighted by Gasteiger charge is 2.77. The van der Waals surface area contributed by atoms with E-state index < -0.39 is 120 Å². The molecule has 0 spiro atoms. The van der Waals surface area contributed by atoms with E-state index in [4.69, 9.17) is 0 Å². The number of hydrogen-bond acceptors (Lipinski definition) is 6. The first kappa shape index (κ1) is 36.7. The fourth-order valence-electron chi connectivity index (χ4n) is 4.00. The molecule has 0 unspecified atom stereocenters. The summed E-state index contributed by atoms with van der Waals surface area (Å²) in [7, 11) is 1.21. The number of nitrogens with zero attached hydrogens (tertiary/aromatic N) is 4. The Morgan fingerprint density at radius 3 is 0.978 bits per heavy atom. The van der Waals surface area contributed by atoms with Crippen molar-refractivity contribution in [2.75, 3.05) is 50.2 Å². The lowest BCUT2D eigenvalue weighted by Gasteiger charge is -2.33. The van der Waals surface area contributed by atoms with Crippen molar-refractivity contribution in [3.05, 3.63) is 34.4 Å². The molecule has 0 aromatic carbocycles. The molecule has 1 aliphatic rings. The van der Waals surface area contributed by atoms with Gasteiger partial charge < -0.3 is 19.3 Å². The van der Waals surface area contributed by atoms with Gasteiger partial charge in [0.2, 0.25) is 0 Å². The van der Waals surface area contributed by atoms with Crippen LogP contribution in [0.1, 0.15) is 11.1 Å². The van der Waals surface area contributed by atoms with Gasteiger partial charge in [-0.15, -0.1) is 0 Å². The third-order valence-corrected chi connectivity index (χ3v) is 6.37. The highest BCUT2D eigenvalue weighted by atomic mass is 19.4. The van der Waals surface area contributed by atoms with E-state index in [9.17, 15) is 70.2 Å². The van der Waals surface area contributed by atoms with E-state index in [1.807, 2.05) is 0 Å². The van der Waals surface area contributed by atoms with Gasteiger partial charge in [0, 0.05) is 27.2 Å². The second-order valence-corrected chi connectivity index (χ2v) is 9.34. The Hall–Kier alpha value is -3.76. The Morgan fingerprint density at radius 1 is 0.478 bits per heavy atom. The first-order chi connectivity index (χ1) is 20.6. The Kier molecular flexibility index (Phi) is 9.17. The van der Waals surface area contributed by atoms with Gasteiger partial charge >= 0.3 is 36.0 Å². The van der Waals surface area contributed by atoms with Crippen LogP contribution < -0.4 is 19.3 Å². The van der Waals surface area contributed by atoms with E-state index in [2.05, 4.69) is 19.4 Å². The first-order valence-electron chi connectivity index (χ1n) is 11.8. The van der Waals surface area contributed by atoms with E-state index >= 15 is 8.78 Å². The molecule has 2 aromatic heterocycles. The fourth-order valence-corrected chi connectivity index (χ4v) is 4.00. The zero-order valence-electron chi connectivity index (χ0n) is 22.2. The van der Waals surface area contributed by atoms with E-state index in [1.54, 1.807) is 0 Å². The Bertz CT molecular complexity index is 1330. The number of hydrogen-bond donors (Lipinski definition) is 0. The van der Waals surface area contributed by atoms with Crippen molar-refractivity contribution in [1.29, 1.82) is 0 Å². The van der Waals surface area contributed by atoms with Crippen molar-refractivity contribution in [2.24, 2.45) is 0 Å². The first-order valence-corrected chi connectivity index (χ1v) is 11.8. The van der Waals surface area contributed by atoms with Gasteiger partial charge in [0.05, 0.1) is 11.1 Å². The molecule has 0 N–H and O–H groups in total. The number of rotatable bonds is 2. The number of alkyl halides is 14. The maximum absolute atomic E-state index is 15.2. The molecular weight excluding hydrogens is 694 g/mol. The molecule has 0 fully saturated rings. The molecule has 4 bridgehead atoms. The normalized spacial score (nSPS) is 16.2. The van der Waals surface area contributed by atoms with Gasteiger partial charge in [-0.1, -0.05) is 0 Å². The van der Waals surface area contributed by atoms with Gasteiger partial charge in [-0.3, -0.25) is 0 Å². The number of fused-ring (bicyclic) bond motifs is 4. The molecule has 3 heterocycles. The zero-order valence-corrected chi connectivity index (χ0v) is 22.2. The number of halogens is 18. The van der Waals surface area contributed by atoms with E-state index in [1.165, 1.54) is 0 Å². The maximum Gasteiger partial charge on any atom is 0.436 e. The molecule has 3 rings (SSSR count). The van der Waals surface area contributed by atoms with Crippen LogP contribution in [0.5, 0.6) is 11.8 Å². The quantitative estimate of drug-likeness (QED) is 0.315. The van der Waals surface area contributed by atoms with Gasteiger partial charge in [-0.25, -0.2) is 26.3 Å². The highest BCUT2D eigenvalue weighted by molar-refractivity contribution is 5.52. The molecule has 46 heavy (non-hydrogen) atoms. The summed E-state index contributed by atoms with van der Waals surface area (Å²) in [4.78, 5) is 6.62. The second kappa shape index (κ2) is 11.5. The third-order valence-electron chi connectivity index (χ3n) is 6.37. The van der Waals surface area contributed by atoms with Crippen molar-refractivity contribution in [3.63, 3.8) is 0 Å². The van der Waals surface area contributed by atoms with Crippen molar-refractivity contribution < 1.29 is 88.5 Å². The van der Waals surface area contributed by atoms with E-state index in [0.717, 1.165) is 0 Å². The van der Waals surface area contributed by atoms with Gasteiger partial charge in [0.15, 0.2) is 34.9 Å². The van der Waals surface area contributed by atoms with Crippen LogP contribution in [0.2, 0.25) is 0 Å².